The van der Waals surface area contributed by atoms with Crippen LogP contribution in [0.4, 0.5) is 8.78 Å². The Kier molecular flexibility index (Phi) is 6.43. The van der Waals surface area contributed by atoms with Gasteiger partial charge in [-0.25, -0.2) is 8.78 Å². The van der Waals surface area contributed by atoms with E-state index in [2.05, 4.69) is 19.2 Å². The SMILES string of the molecule is CCCCC(CC)(CNC)Cc1cc(F)ccc1F. The molecule has 0 radical (unpaired) electrons. The minimum atomic E-state index is -0.360. The predicted molar refractivity (Wildman–Crippen MR) is 76.2 cm³/mol. The van der Waals surface area contributed by atoms with Gasteiger partial charge in [0.05, 0.1) is 0 Å². The Hall–Kier alpha value is -0.960. The van der Waals surface area contributed by atoms with E-state index in [1.54, 1.807) is 0 Å². The van der Waals surface area contributed by atoms with Crippen molar-refractivity contribution >= 4 is 0 Å². The van der Waals surface area contributed by atoms with Crippen LogP contribution in [0, 0.1) is 17.0 Å². The van der Waals surface area contributed by atoms with Gasteiger partial charge in [0.2, 0.25) is 0 Å². The Morgan fingerprint density at radius 1 is 1.21 bits per heavy atom. The lowest BCUT2D eigenvalue weighted by atomic mass is 9.75. The fourth-order valence-electron chi connectivity index (χ4n) is 2.68. The smallest absolute Gasteiger partial charge is 0.126 e. The van der Waals surface area contributed by atoms with Gasteiger partial charge in [-0.05, 0) is 55.5 Å². The van der Waals surface area contributed by atoms with Crippen molar-refractivity contribution in [1.82, 2.24) is 5.32 Å². The maximum absolute atomic E-state index is 13.8. The number of hydrogen-bond acceptors (Lipinski definition) is 1. The summed E-state index contributed by atoms with van der Waals surface area (Å²) in [5, 5.41) is 3.21. The zero-order valence-electron chi connectivity index (χ0n) is 12.2. The Labute approximate surface area is 115 Å². The lowest BCUT2D eigenvalue weighted by molar-refractivity contribution is 0.232. The van der Waals surface area contributed by atoms with Crippen molar-refractivity contribution < 1.29 is 8.78 Å². The largest absolute Gasteiger partial charge is 0.319 e. The lowest BCUT2D eigenvalue weighted by Gasteiger charge is -2.33. The summed E-state index contributed by atoms with van der Waals surface area (Å²) in [5.74, 6) is -0.659. The minimum Gasteiger partial charge on any atom is -0.319 e. The molecule has 0 aliphatic carbocycles. The van der Waals surface area contributed by atoms with Crippen LogP contribution in [0.3, 0.4) is 0 Å². The zero-order valence-corrected chi connectivity index (χ0v) is 12.2. The van der Waals surface area contributed by atoms with Crippen molar-refractivity contribution in [3.8, 4) is 0 Å². The highest BCUT2D eigenvalue weighted by Gasteiger charge is 2.28. The normalized spacial score (nSPS) is 14.4. The van der Waals surface area contributed by atoms with E-state index >= 15 is 0 Å². The Balaban J connectivity index is 2.94. The summed E-state index contributed by atoms with van der Waals surface area (Å²) in [5.41, 5.74) is 0.507. The van der Waals surface area contributed by atoms with Gasteiger partial charge in [0.1, 0.15) is 11.6 Å². The average Bonchev–Trinajstić information content (AvgIpc) is 2.40. The summed E-state index contributed by atoms with van der Waals surface area (Å²) >= 11 is 0. The number of benzene rings is 1. The molecule has 1 aromatic rings. The molecule has 0 aliphatic heterocycles. The molecule has 0 saturated carbocycles. The van der Waals surface area contributed by atoms with Gasteiger partial charge in [0.15, 0.2) is 0 Å². The molecule has 0 saturated heterocycles. The first kappa shape index (κ1) is 16.1. The monoisotopic (exact) mass is 269 g/mol. The molecule has 1 rings (SSSR count). The minimum absolute atomic E-state index is 0.0133. The number of unbranched alkanes of at least 4 members (excludes halogenated alkanes) is 1. The number of hydrogen-bond donors (Lipinski definition) is 1. The van der Waals surface area contributed by atoms with Gasteiger partial charge in [-0.1, -0.05) is 26.7 Å². The van der Waals surface area contributed by atoms with Crippen LogP contribution in [-0.4, -0.2) is 13.6 Å². The molecule has 1 atom stereocenters. The lowest BCUT2D eigenvalue weighted by Crippen LogP contribution is -2.34. The maximum Gasteiger partial charge on any atom is 0.126 e. The molecular weight excluding hydrogens is 244 g/mol. The topological polar surface area (TPSA) is 12.0 Å². The summed E-state index contributed by atoms with van der Waals surface area (Å²) in [6, 6.07) is 3.74. The van der Waals surface area contributed by atoms with Gasteiger partial charge in [0.25, 0.3) is 0 Å². The van der Waals surface area contributed by atoms with E-state index in [1.807, 2.05) is 7.05 Å². The van der Waals surface area contributed by atoms with Crippen molar-refractivity contribution in [2.24, 2.45) is 5.41 Å². The number of halogens is 2. The van der Waals surface area contributed by atoms with Gasteiger partial charge in [-0.2, -0.15) is 0 Å². The quantitative estimate of drug-likeness (QED) is 0.741. The molecule has 1 nitrogen and oxygen atoms in total. The van der Waals surface area contributed by atoms with Crippen LogP contribution in [0.25, 0.3) is 0 Å². The molecule has 0 aromatic heterocycles. The Morgan fingerprint density at radius 3 is 2.53 bits per heavy atom. The maximum atomic E-state index is 13.8. The molecule has 0 fully saturated rings. The van der Waals surface area contributed by atoms with Gasteiger partial charge < -0.3 is 5.32 Å². The van der Waals surface area contributed by atoms with Crippen molar-refractivity contribution in [1.29, 1.82) is 0 Å². The van der Waals surface area contributed by atoms with E-state index in [9.17, 15) is 8.78 Å². The van der Waals surface area contributed by atoms with Gasteiger partial charge >= 0.3 is 0 Å². The highest BCUT2D eigenvalue weighted by atomic mass is 19.1. The third-order valence-electron chi connectivity index (χ3n) is 3.94. The summed E-state index contributed by atoms with van der Waals surface area (Å²) in [4.78, 5) is 0. The van der Waals surface area contributed by atoms with Crippen molar-refractivity contribution in [2.45, 2.75) is 46.0 Å². The van der Waals surface area contributed by atoms with Crippen LogP contribution in [0.15, 0.2) is 18.2 Å². The first-order valence-corrected chi connectivity index (χ1v) is 7.15. The molecule has 1 aromatic carbocycles. The summed E-state index contributed by atoms with van der Waals surface area (Å²) < 4.78 is 27.1. The van der Waals surface area contributed by atoms with Crippen molar-refractivity contribution in [3.05, 3.63) is 35.4 Å². The first-order chi connectivity index (χ1) is 9.06. The fraction of sp³-hybridized carbons (Fsp3) is 0.625. The van der Waals surface area contributed by atoms with Crippen LogP contribution < -0.4 is 5.32 Å². The Morgan fingerprint density at radius 2 is 1.95 bits per heavy atom. The molecule has 1 N–H and O–H groups in total. The van der Waals surface area contributed by atoms with Crippen LogP contribution in [0.2, 0.25) is 0 Å². The second kappa shape index (κ2) is 7.59. The molecule has 1 unspecified atom stereocenters. The van der Waals surface area contributed by atoms with Gasteiger partial charge in [-0.3, -0.25) is 0 Å². The highest BCUT2D eigenvalue weighted by molar-refractivity contribution is 5.20. The summed E-state index contributed by atoms with van der Waals surface area (Å²) in [7, 11) is 1.91. The molecular formula is C16H25F2N. The summed E-state index contributed by atoms with van der Waals surface area (Å²) in [6.45, 7) is 5.12. The van der Waals surface area contributed by atoms with Crippen molar-refractivity contribution in [3.63, 3.8) is 0 Å². The van der Waals surface area contributed by atoms with Crippen LogP contribution >= 0.6 is 0 Å². The molecule has 19 heavy (non-hydrogen) atoms. The van der Waals surface area contributed by atoms with Crippen LogP contribution in [-0.2, 0) is 6.42 Å². The molecule has 0 bridgehead atoms. The third-order valence-corrected chi connectivity index (χ3v) is 3.94. The summed E-state index contributed by atoms with van der Waals surface area (Å²) in [6.07, 6.45) is 4.83. The predicted octanol–water partition coefficient (Wildman–Crippen LogP) is 4.31. The molecule has 0 amide bonds. The third kappa shape index (κ3) is 4.57. The van der Waals surface area contributed by atoms with E-state index in [0.29, 0.717) is 12.0 Å². The molecule has 0 heterocycles. The molecule has 0 aliphatic rings. The number of rotatable bonds is 8. The second-order valence-electron chi connectivity index (χ2n) is 5.40. The van der Waals surface area contributed by atoms with E-state index in [4.69, 9.17) is 0 Å². The van der Waals surface area contributed by atoms with Crippen molar-refractivity contribution in [2.75, 3.05) is 13.6 Å². The fourth-order valence-corrected chi connectivity index (χ4v) is 2.68. The van der Waals surface area contributed by atoms with E-state index in [-0.39, 0.29) is 17.0 Å². The van der Waals surface area contributed by atoms with Crippen LogP contribution in [0.5, 0.6) is 0 Å². The van der Waals surface area contributed by atoms with Gasteiger partial charge in [-0.15, -0.1) is 0 Å². The molecule has 108 valence electrons. The first-order valence-electron chi connectivity index (χ1n) is 7.15. The van der Waals surface area contributed by atoms with E-state index in [0.717, 1.165) is 32.2 Å². The highest BCUT2D eigenvalue weighted by Crippen LogP contribution is 2.33. The number of nitrogens with one attached hydrogen (secondary N) is 1. The van der Waals surface area contributed by atoms with E-state index in [1.165, 1.54) is 18.2 Å². The van der Waals surface area contributed by atoms with Crippen LogP contribution in [0.1, 0.15) is 45.1 Å². The zero-order chi connectivity index (χ0) is 14.3. The second-order valence-corrected chi connectivity index (χ2v) is 5.40. The van der Waals surface area contributed by atoms with E-state index < -0.39 is 0 Å². The Bertz CT molecular complexity index is 392. The standard InChI is InChI=1S/C16H25F2N/c1-4-6-9-16(5-2,12-19-3)11-13-10-14(17)7-8-15(13)18/h7-8,10,19H,4-6,9,11-12H2,1-3H3. The average molecular weight is 269 g/mol. The molecule has 0 spiro atoms. The molecule has 3 heteroatoms. The van der Waals surface area contributed by atoms with Gasteiger partial charge in [0, 0.05) is 6.54 Å².